The first-order valence-corrected chi connectivity index (χ1v) is 10.3. The summed E-state index contributed by atoms with van der Waals surface area (Å²) in [6, 6.07) is 13.6. The molecule has 0 atom stereocenters. The fourth-order valence-electron chi connectivity index (χ4n) is 3.13. The van der Waals surface area contributed by atoms with Crippen LogP contribution < -0.4 is 10.6 Å². The summed E-state index contributed by atoms with van der Waals surface area (Å²) in [6.07, 6.45) is 5.77. The topological polar surface area (TPSA) is 84.7 Å². The molecular formula is C23H20ClFN6O. The van der Waals surface area contributed by atoms with Gasteiger partial charge in [0, 0.05) is 36.3 Å². The van der Waals surface area contributed by atoms with Crippen molar-refractivity contribution >= 4 is 34.7 Å². The van der Waals surface area contributed by atoms with Crippen molar-refractivity contribution in [2.45, 2.75) is 19.8 Å². The maximum Gasteiger partial charge on any atom is 0.224 e. The lowest BCUT2D eigenvalue weighted by Crippen LogP contribution is -2.12. The summed E-state index contributed by atoms with van der Waals surface area (Å²) in [4.78, 5) is 25.0. The zero-order valence-electron chi connectivity index (χ0n) is 17.2. The van der Waals surface area contributed by atoms with Crippen LogP contribution in [0.3, 0.4) is 0 Å². The second-order valence-corrected chi connectivity index (χ2v) is 7.51. The third-order valence-corrected chi connectivity index (χ3v) is 5.08. The molecule has 2 aromatic heterocycles. The molecule has 0 saturated carbocycles. The van der Waals surface area contributed by atoms with E-state index in [1.807, 2.05) is 35.9 Å². The molecule has 0 spiro atoms. The Hall–Kier alpha value is -3.78. The number of rotatable bonds is 7. The SMILES string of the molecule is Cc1nccn1-c1cc(Nc2ccc(NC(=O)CCc3ccc(F)c(Cl)c3)cc2)ncn1. The van der Waals surface area contributed by atoms with Gasteiger partial charge in [-0.1, -0.05) is 17.7 Å². The van der Waals surface area contributed by atoms with E-state index < -0.39 is 5.82 Å². The van der Waals surface area contributed by atoms with Crippen LogP contribution in [0, 0.1) is 12.7 Å². The van der Waals surface area contributed by atoms with Gasteiger partial charge in [0.15, 0.2) is 0 Å². The van der Waals surface area contributed by atoms with Crippen LogP contribution in [0.15, 0.2) is 67.3 Å². The Morgan fingerprint density at radius 2 is 1.84 bits per heavy atom. The molecule has 0 aliphatic rings. The number of benzene rings is 2. The van der Waals surface area contributed by atoms with Gasteiger partial charge in [0.25, 0.3) is 0 Å². The molecule has 2 heterocycles. The molecule has 162 valence electrons. The summed E-state index contributed by atoms with van der Waals surface area (Å²) in [5.41, 5.74) is 2.30. The Morgan fingerprint density at radius 1 is 1.06 bits per heavy atom. The standard InChI is InChI=1S/C23H20ClFN6O/c1-15-26-10-11-31(15)22-13-21(27-14-28-22)29-17-4-6-18(7-5-17)30-23(32)9-3-16-2-8-20(25)19(24)12-16/h2,4-8,10-14H,3,9H2,1H3,(H,30,32)(H,27,28,29). The summed E-state index contributed by atoms with van der Waals surface area (Å²) in [5.74, 6) is 1.57. The maximum atomic E-state index is 13.2. The molecule has 1 amide bonds. The monoisotopic (exact) mass is 450 g/mol. The number of halogens is 2. The predicted molar refractivity (Wildman–Crippen MR) is 122 cm³/mol. The van der Waals surface area contributed by atoms with Crippen molar-refractivity contribution in [3.05, 3.63) is 89.5 Å². The number of aromatic nitrogens is 4. The second-order valence-electron chi connectivity index (χ2n) is 7.10. The highest BCUT2D eigenvalue weighted by Gasteiger charge is 2.07. The van der Waals surface area contributed by atoms with Crippen LogP contribution in [0.25, 0.3) is 5.82 Å². The van der Waals surface area contributed by atoms with E-state index in [9.17, 15) is 9.18 Å². The summed E-state index contributed by atoms with van der Waals surface area (Å²) < 4.78 is 15.1. The lowest BCUT2D eigenvalue weighted by atomic mass is 10.1. The fourth-order valence-corrected chi connectivity index (χ4v) is 3.33. The largest absolute Gasteiger partial charge is 0.340 e. The molecular weight excluding hydrogens is 431 g/mol. The van der Waals surface area contributed by atoms with Gasteiger partial charge in [0.05, 0.1) is 5.02 Å². The smallest absolute Gasteiger partial charge is 0.224 e. The van der Waals surface area contributed by atoms with Gasteiger partial charge < -0.3 is 10.6 Å². The summed E-state index contributed by atoms with van der Waals surface area (Å²) >= 11 is 5.78. The number of nitrogens with one attached hydrogen (secondary N) is 2. The van der Waals surface area contributed by atoms with Gasteiger partial charge in [-0.2, -0.15) is 0 Å². The first kappa shape index (κ1) is 21.5. The molecule has 0 saturated heterocycles. The van der Waals surface area contributed by atoms with E-state index in [1.165, 1.54) is 18.5 Å². The number of amides is 1. The van der Waals surface area contributed by atoms with Crippen LogP contribution in [0.4, 0.5) is 21.6 Å². The number of carbonyl (C=O) groups is 1. The summed E-state index contributed by atoms with van der Waals surface area (Å²) in [5, 5.41) is 6.13. The van der Waals surface area contributed by atoms with Crippen LogP contribution in [-0.4, -0.2) is 25.4 Å². The number of nitrogens with zero attached hydrogens (tertiary/aromatic N) is 4. The van der Waals surface area contributed by atoms with Gasteiger partial charge in [-0.3, -0.25) is 9.36 Å². The van der Waals surface area contributed by atoms with Gasteiger partial charge in [0.2, 0.25) is 5.91 Å². The Kier molecular flexibility index (Phi) is 6.42. The zero-order chi connectivity index (χ0) is 22.5. The molecule has 0 fully saturated rings. The van der Waals surface area contributed by atoms with Crippen molar-refractivity contribution in [1.82, 2.24) is 19.5 Å². The Balaban J connectivity index is 1.33. The van der Waals surface area contributed by atoms with Crippen molar-refractivity contribution in [1.29, 1.82) is 0 Å². The van der Waals surface area contributed by atoms with Crippen LogP contribution in [0.5, 0.6) is 0 Å². The highest BCUT2D eigenvalue weighted by molar-refractivity contribution is 6.30. The number of hydrogen-bond donors (Lipinski definition) is 2. The maximum absolute atomic E-state index is 13.2. The Morgan fingerprint density at radius 3 is 2.56 bits per heavy atom. The average molecular weight is 451 g/mol. The van der Waals surface area contributed by atoms with E-state index in [4.69, 9.17) is 11.6 Å². The number of hydrogen-bond acceptors (Lipinski definition) is 5. The van der Waals surface area contributed by atoms with E-state index in [0.717, 1.165) is 17.1 Å². The van der Waals surface area contributed by atoms with E-state index >= 15 is 0 Å². The molecule has 0 aliphatic carbocycles. The molecule has 0 radical (unpaired) electrons. The van der Waals surface area contributed by atoms with Crippen LogP contribution in [0.1, 0.15) is 17.8 Å². The molecule has 0 unspecified atom stereocenters. The van der Waals surface area contributed by atoms with Gasteiger partial charge in [-0.15, -0.1) is 0 Å². The van der Waals surface area contributed by atoms with Crippen LogP contribution in [0.2, 0.25) is 5.02 Å². The second kappa shape index (κ2) is 9.57. The summed E-state index contributed by atoms with van der Waals surface area (Å²) in [7, 11) is 0. The lowest BCUT2D eigenvalue weighted by Gasteiger charge is -2.10. The minimum atomic E-state index is -0.469. The molecule has 2 aromatic carbocycles. The zero-order valence-corrected chi connectivity index (χ0v) is 18.0. The molecule has 0 aliphatic heterocycles. The summed E-state index contributed by atoms with van der Waals surface area (Å²) in [6.45, 7) is 1.90. The van der Waals surface area contributed by atoms with E-state index in [-0.39, 0.29) is 17.4 Å². The van der Waals surface area contributed by atoms with Crippen molar-refractivity contribution in [2.75, 3.05) is 10.6 Å². The Bertz CT molecular complexity index is 1240. The number of carbonyl (C=O) groups excluding carboxylic acids is 1. The highest BCUT2D eigenvalue weighted by atomic mass is 35.5. The minimum absolute atomic E-state index is 0.0574. The Labute approximate surface area is 189 Å². The van der Waals surface area contributed by atoms with Gasteiger partial charge in [-0.05, 0) is 55.3 Å². The third kappa shape index (κ3) is 5.28. The minimum Gasteiger partial charge on any atom is -0.340 e. The number of aryl methyl sites for hydroxylation is 2. The first-order valence-electron chi connectivity index (χ1n) is 9.91. The molecule has 4 aromatic rings. The molecule has 2 N–H and O–H groups in total. The van der Waals surface area contributed by atoms with E-state index in [2.05, 4.69) is 25.6 Å². The van der Waals surface area contributed by atoms with E-state index in [1.54, 1.807) is 24.4 Å². The molecule has 7 nitrogen and oxygen atoms in total. The average Bonchev–Trinajstić information content (AvgIpc) is 3.22. The van der Waals surface area contributed by atoms with Gasteiger partial charge in [0.1, 0.15) is 29.6 Å². The fraction of sp³-hybridized carbons (Fsp3) is 0.130. The lowest BCUT2D eigenvalue weighted by molar-refractivity contribution is -0.116. The molecule has 9 heteroatoms. The number of anilines is 3. The molecule has 32 heavy (non-hydrogen) atoms. The normalized spacial score (nSPS) is 10.7. The van der Waals surface area contributed by atoms with Crippen LogP contribution in [-0.2, 0) is 11.2 Å². The van der Waals surface area contributed by atoms with Crippen molar-refractivity contribution in [3.8, 4) is 5.82 Å². The van der Waals surface area contributed by atoms with Crippen LogP contribution >= 0.6 is 11.6 Å². The van der Waals surface area contributed by atoms with Gasteiger partial charge in [-0.25, -0.2) is 19.3 Å². The number of imidazole rings is 1. The third-order valence-electron chi connectivity index (χ3n) is 4.79. The predicted octanol–water partition coefficient (Wildman–Crippen LogP) is 5.08. The quantitative estimate of drug-likeness (QED) is 0.410. The van der Waals surface area contributed by atoms with E-state index in [0.29, 0.717) is 23.7 Å². The molecule has 0 bridgehead atoms. The van der Waals surface area contributed by atoms with Crippen molar-refractivity contribution in [3.63, 3.8) is 0 Å². The first-order chi connectivity index (χ1) is 15.5. The molecule has 4 rings (SSSR count). The van der Waals surface area contributed by atoms with Crippen molar-refractivity contribution in [2.24, 2.45) is 0 Å². The highest BCUT2D eigenvalue weighted by Crippen LogP contribution is 2.20. The van der Waals surface area contributed by atoms with Crippen molar-refractivity contribution < 1.29 is 9.18 Å². The van der Waals surface area contributed by atoms with Gasteiger partial charge >= 0.3 is 0 Å².